The first kappa shape index (κ1) is 32.8. The Morgan fingerprint density at radius 1 is 0.725 bits per heavy atom. The van der Waals surface area contributed by atoms with Gasteiger partial charge in [-0.1, -0.05) is 70.4 Å². The molecule has 218 valence electrons. The van der Waals surface area contributed by atoms with Crippen molar-refractivity contribution < 1.29 is 24.6 Å². The number of rotatable bonds is 16. The number of carboxylic acid groups (broad SMARTS) is 2. The van der Waals surface area contributed by atoms with Crippen LogP contribution in [-0.2, 0) is 22.4 Å². The Hall–Kier alpha value is -3.45. The summed E-state index contributed by atoms with van der Waals surface area (Å²) in [6.07, 6.45) is 13.9. The number of carbonyl (C=O) groups is 3. The van der Waals surface area contributed by atoms with E-state index in [1.165, 1.54) is 63.7 Å². The van der Waals surface area contributed by atoms with E-state index in [9.17, 15) is 4.79 Å². The minimum atomic E-state index is -1.82. The maximum Gasteiger partial charge on any atom is 0.414 e. The lowest BCUT2D eigenvalue weighted by atomic mass is 9.99. The van der Waals surface area contributed by atoms with Gasteiger partial charge in [0.1, 0.15) is 0 Å². The molecule has 7 heteroatoms. The molecule has 3 rings (SSSR count). The van der Waals surface area contributed by atoms with Crippen LogP contribution in [0.25, 0.3) is 5.52 Å². The van der Waals surface area contributed by atoms with Crippen LogP contribution in [0.4, 0.5) is 0 Å². The van der Waals surface area contributed by atoms with Crippen molar-refractivity contribution in [2.24, 2.45) is 0 Å². The first-order chi connectivity index (χ1) is 19.3. The van der Waals surface area contributed by atoms with E-state index >= 15 is 0 Å². The molecule has 0 saturated heterocycles. The number of nitrogens with zero attached hydrogens (tertiary/aromatic N) is 2. The van der Waals surface area contributed by atoms with Gasteiger partial charge in [-0.2, -0.15) is 0 Å². The zero-order valence-corrected chi connectivity index (χ0v) is 24.4. The molecule has 0 saturated carbocycles. The number of fused-ring (bicyclic) bond motifs is 1. The summed E-state index contributed by atoms with van der Waals surface area (Å²) in [5.41, 5.74) is 5.21. The molecule has 40 heavy (non-hydrogen) atoms. The van der Waals surface area contributed by atoms with Crippen LogP contribution in [-0.4, -0.2) is 56.9 Å². The van der Waals surface area contributed by atoms with E-state index in [4.69, 9.17) is 19.8 Å². The fraction of sp³-hybridized carbons (Fsp3) is 0.485. The molecule has 2 heterocycles. The Labute approximate surface area is 238 Å². The number of carbonyl (C=O) groups excluding carboxylic acids is 1. The normalized spacial score (nSPS) is 10.9. The third kappa shape index (κ3) is 10.6. The van der Waals surface area contributed by atoms with Gasteiger partial charge in [-0.3, -0.25) is 4.79 Å². The highest BCUT2D eigenvalue weighted by molar-refractivity contribution is 6.27. The minimum absolute atomic E-state index is 0.131. The molecule has 0 aliphatic carbocycles. The van der Waals surface area contributed by atoms with Crippen LogP contribution in [0.3, 0.4) is 0 Å². The van der Waals surface area contributed by atoms with Crippen molar-refractivity contribution in [3.8, 4) is 0 Å². The predicted molar refractivity (Wildman–Crippen MR) is 160 cm³/mol. The molecule has 0 radical (unpaired) electrons. The van der Waals surface area contributed by atoms with E-state index in [1.54, 1.807) is 0 Å². The smallest absolute Gasteiger partial charge is 0.414 e. The summed E-state index contributed by atoms with van der Waals surface area (Å²) in [6.45, 7) is 10.4. The summed E-state index contributed by atoms with van der Waals surface area (Å²) in [7, 11) is 0. The largest absolute Gasteiger partial charge is 0.473 e. The SMILES string of the molecule is CCCCc1cc2ccccn2c1C(=O)c1ccc(CCCCN(CCCC)CCCC)cc1.O=C(O)C(=O)O. The molecule has 0 spiro atoms. The van der Waals surface area contributed by atoms with Gasteiger partial charge in [0.25, 0.3) is 0 Å². The van der Waals surface area contributed by atoms with Gasteiger partial charge in [0.05, 0.1) is 5.69 Å². The monoisotopic (exact) mass is 550 g/mol. The predicted octanol–water partition coefficient (Wildman–Crippen LogP) is 6.89. The van der Waals surface area contributed by atoms with Crippen molar-refractivity contribution in [1.29, 1.82) is 0 Å². The van der Waals surface area contributed by atoms with Crippen LogP contribution in [0.15, 0.2) is 54.7 Å². The lowest BCUT2D eigenvalue weighted by Crippen LogP contribution is -2.27. The summed E-state index contributed by atoms with van der Waals surface area (Å²) in [5, 5.41) is 14.8. The fourth-order valence-corrected chi connectivity index (χ4v) is 4.72. The van der Waals surface area contributed by atoms with Gasteiger partial charge in [-0.05, 0) is 93.9 Å². The van der Waals surface area contributed by atoms with Crippen LogP contribution in [0.5, 0.6) is 0 Å². The average Bonchev–Trinajstić information content (AvgIpc) is 3.33. The average molecular weight is 551 g/mol. The van der Waals surface area contributed by atoms with Crippen LogP contribution in [0, 0.1) is 0 Å². The lowest BCUT2D eigenvalue weighted by Gasteiger charge is -2.21. The fourth-order valence-electron chi connectivity index (χ4n) is 4.72. The number of unbranched alkanes of at least 4 members (excludes halogenated alkanes) is 4. The second kappa shape index (κ2) is 18.0. The summed E-state index contributed by atoms with van der Waals surface area (Å²) in [5.74, 6) is -3.52. The number of ketones is 1. The van der Waals surface area contributed by atoms with Gasteiger partial charge < -0.3 is 19.5 Å². The van der Waals surface area contributed by atoms with E-state index in [2.05, 4.69) is 54.3 Å². The molecule has 3 aromatic rings. The summed E-state index contributed by atoms with van der Waals surface area (Å²) in [6, 6.07) is 16.7. The Morgan fingerprint density at radius 2 is 1.32 bits per heavy atom. The number of aryl methyl sites for hydroxylation is 2. The number of aliphatic carboxylic acids is 2. The van der Waals surface area contributed by atoms with Gasteiger partial charge in [-0.15, -0.1) is 0 Å². The maximum absolute atomic E-state index is 13.5. The van der Waals surface area contributed by atoms with Crippen molar-refractivity contribution in [1.82, 2.24) is 9.30 Å². The van der Waals surface area contributed by atoms with Crippen molar-refractivity contribution in [2.75, 3.05) is 19.6 Å². The van der Waals surface area contributed by atoms with E-state index in [1.807, 2.05) is 30.5 Å². The van der Waals surface area contributed by atoms with E-state index in [-0.39, 0.29) is 5.78 Å². The molecule has 0 fully saturated rings. The molecule has 0 aliphatic heterocycles. The molecule has 2 aromatic heterocycles. The van der Waals surface area contributed by atoms with Gasteiger partial charge >= 0.3 is 11.9 Å². The number of pyridine rings is 1. The Morgan fingerprint density at radius 3 is 1.90 bits per heavy atom. The van der Waals surface area contributed by atoms with Crippen LogP contribution >= 0.6 is 0 Å². The summed E-state index contributed by atoms with van der Waals surface area (Å²) < 4.78 is 2.06. The minimum Gasteiger partial charge on any atom is -0.473 e. The Kier molecular flexibility index (Phi) is 14.7. The molecule has 0 aliphatic rings. The Bertz CT molecular complexity index is 1180. The van der Waals surface area contributed by atoms with E-state index in [0.717, 1.165) is 48.0 Å². The van der Waals surface area contributed by atoms with Crippen molar-refractivity contribution in [2.45, 2.75) is 85.0 Å². The number of hydrogen-bond acceptors (Lipinski definition) is 4. The van der Waals surface area contributed by atoms with Gasteiger partial charge in [-0.25, -0.2) is 9.59 Å². The standard InChI is InChI=1S/C31H44N2O.C2H2O4/c1-4-7-15-28-25-29-16-11-13-24-33(29)30(28)31(34)27-19-17-26(18-20-27)14-10-12-23-32(21-8-5-2)22-9-6-3;3-1(4)2(5)6/h11,13,16-20,24-25H,4-10,12,14-15,21-23H2,1-3H3;(H,3,4)(H,5,6). The quantitative estimate of drug-likeness (QED) is 0.114. The van der Waals surface area contributed by atoms with E-state index in [0.29, 0.717) is 0 Å². The van der Waals surface area contributed by atoms with Gasteiger partial charge in [0, 0.05) is 17.3 Å². The molecular formula is C33H46N2O5. The molecule has 0 amide bonds. The van der Waals surface area contributed by atoms with Crippen LogP contribution < -0.4 is 0 Å². The highest BCUT2D eigenvalue weighted by Crippen LogP contribution is 2.22. The van der Waals surface area contributed by atoms with Gasteiger partial charge in [0.2, 0.25) is 5.78 Å². The second-order valence-corrected chi connectivity index (χ2v) is 10.3. The third-order valence-corrected chi connectivity index (χ3v) is 7.02. The Balaban J connectivity index is 0.000000840. The van der Waals surface area contributed by atoms with Gasteiger partial charge in [0.15, 0.2) is 0 Å². The molecular weight excluding hydrogens is 504 g/mol. The second-order valence-electron chi connectivity index (χ2n) is 10.3. The first-order valence-corrected chi connectivity index (χ1v) is 14.7. The number of carboxylic acids is 2. The lowest BCUT2D eigenvalue weighted by molar-refractivity contribution is -0.159. The topological polar surface area (TPSA) is 99.3 Å². The number of aromatic nitrogens is 1. The molecule has 0 bridgehead atoms. The highest BCUT2D eigenvalue weighted by atomic mass is 16.4. The van der Waals surface area contributed by atoms with Crippen LogP contribution in [0.1, 0.15) is 99.3 Å². The van der Waals surface area contributed by atoms with E-state index < -0.39 is 11.9 Å². The first-order valence-electron chi connectivity index (χ1n) is 14.7. The van der Waals surface area contributed by atoms with Crippen molar-refractivity contribution in [3.05, 3.63) is 77.1 Å². The highest BCUT2D eigenvalue weighted by Gasteiger charge is 2.18. The summed E-state index contributed by atoms with van der Waals surface area (Å²) >= 11 is 0. The molecule has 0 atom stereocenters. The summed E-state index contributed by atoms with van der Waals surface area (Å²) in [4.78, 5) is 34.3. The van der Waals surface area contributed by atoms with Crippen molar-refractivity contribution >= 4 is 23.2 Å². The molecule has 0 unspecified atom stereocenters. The molecule has 2 N–H and O–H groups in total. The van der Waals surface area contributed by atoms with Crippen LogP contribution in [0.2, 0.25) is 0 Å². The zero-order chi connectivity index (χ0) is 29.3. The molecule has 1 aromatic carbocycles. The van der Waals surface area contributed by atoms with Crippen molar-refractivity contribution in [3.63, 3.8) is 0 Å². The number of hydrogen-bond donors (Lipinski definition) is 2. The molecule has 7 nitrogen and oxygen atoms in total. The maximum atomic E-state index is 13.5. The zero-order valence-electron chi connectivity index (χ0n) is 24.4. The third-order valence-electron chi connectivity index (χ3n) is 7.02. The number of benzene rings is 1.